The molecule has 0 aliphatic carbocycles. The fourth-order valence-electron chi connectivity index (χ4n) is 4.10. The highest BCUT2D eigenvalue weighted by molar-refractivity contribution is 7.24. The summed E-state index contributed by atoms with van der Waals surface area (Å²) in [6.07, 6.45) is 0. The first-order valence-electron chi connectivity index (χ1n) is 11.3. The molecular formula is C30H24O2S2. The van der Waals surface area contributed by atoms with E-state index in [1.807, 2.05) is 79.7 Å². The summed E-state index contributed by atoms with van der Waals surface area (Å²) in [4.78, 5) is 24.7. The molecule has 0 spiro atoms. The van der Waals surface area contributed by atoms with Gasteiger partial charge in [0.05, 0.1) is 0 Å². The van der Waals surface area contributed by atoms with Gasteiger partial charge in [-0.05, 0) is 66.9 Å². The molecular weight excluding hydrogens is 456 g/mol. The molecule has 0 atom stereocenters. The zero-order chi connectivity index (χ0) is 23.8. The second-order valence-electron chi connectivity index (χ2n) is 8.76. The summed E-state index contributed by atoms with van der Waals surface area (Å²) in [7, 11) is 0. The van der Waals surface area contributed by atoms with Gasteiger partial charge in [0.15, 0.2) is 10.9 Å². The molecule has 0 aliphatic rings. The summed E-state index contributed by atoms with van der Waals surface area (Å²) in [5, 5.41) is 3.34. The molecule has 0 radical (unpaired) electrons. The van der Waals surface area contributed by atoms with Crippen LogP contribution in [0, 0.1) is 6.92 Å². The van der Waals surface area contributed by atoms with Gasteiger partial charge >= 0.3 is 0 Å². The molecule has 4 heteroatoms. The van der Waals surface area contributed by atoms with E-state index in [1.165, 1.54) is 5.56 Å². The summed E-state index contributed by atoms with van der Waals surface area (Å²) in [6.45, 7) is 6.31. The summed E-state index contributed by atoms with van der Waals surface area (Å²) in [5.74, 6) is 0.449. The molecule has 0 unspecified atom stereocenters. The van der Waals surface area contributed by atoms with Crippen LogP contribution in [0.1, 0.15) is 30.9 Å². The topological polar surface area (TPSA) is 34.1 Å². The number of aryl methyl sites for hydroxylation is 1. The van der Waals surface area contributed by atoms with E-state index < -0.39 is 0 Å². The molecule has 2 heterocycles. The first-order chi connectivity index (χ1) is 16.4. The fourth-order valence-corrected chi connectivity index (χ4v) is 6.20. The van der Waals surface area contributed by atoms with Crippen LogP contribution in [0.15, 0.2) is 94.5 Å². The van der Waals surface area contributed by atoms with E-state index in [4.69, 9.17) is 0 Å². The summed E-state index contributed by atoms with van der Waals surface area (Å²) >= 11 is 3.36. The third-order valence-electron chi connectivity index (χ3n) is 6.00. The van der Waals surface area contributed by atoms with Crippen LogP contribution in [-0.2, 0) is 0 Å². The van der Waals surface area contributed by atoms with Crippen LogP contribution in [-0.4, -0.2) is 0 Å². The second-order valence-corrected chi connectivity index (χ2v) is 10.9. The summed E-state index contributed by atoms with van der Waals surface area (Å²) < 4.78 is 4.26. The Labute approximate surface area is 205 Å². The Morgan fingerprint density at radius 1 is 0.559 bits per heavy atom. The molecule has 0 saturated heterocycles. The number of hydrogen-bond acceptors (Lipinski definition) is 4. The van der Waals surface area contributed by atoms with Gasteiger partial charge in [-0.2, -0.15) is 0 Å². The molecule has 168 valence electrons. The molecule has 4 aromatic carbocycles. The zero-order valence-electron chi connectivity index (χ0n) is 19.3. The van der Waals surface area contributed by atoms with Crippen LogP contribution in [0.4, 0.5) is 0 Å². The van der Waals surface area contributed by atoms with Gasteiger partial charge in [-0.3, -0.25) is 9.59 Å². The van der Waals surface area contributed by atoms with Crippen LogP contribution in [0.25, 0.3) is 40.3 Å². The lowest BCUT2D eigenvalue weighted by Crippen LogP contribution is -2.01. The number of benzene rings is 4. The van der Waals surface area contributed by atoms with Crippen molar-refractivity contribution in [3.8, 4) is 0 Å². The van der Waals surface area contributed by atoms with E-state index >= 15 is 0 Å². The van der Waals surface area contributed by atoms with Gasteiger partial charge in [0.1, 0.15) is 0 Å². The van der Waals surface area contributed by atoms with Crippen LogP contribution >= 0.6 is 22.7 Å². The highest BCUT2D eigenvalue weighted by atomic mass is 32.1. The lowest BCUT2D eigenvalue weighted by Gasteiger charge is -2.07. The molecule has 2 aromatic heterocycles. The van der Waals surface area contributed by atoms with E-state index in [0.717, 1.165) is 45.9 Å². The summed E-state index contributed by atoms with van der Waals surface area (Å²) in [5.41, 5.74) is 2.66. The van der Waals surface area contributed by atoms with Crippen molar-refractivity contribution in [1.82, 2.24) is 0 Å². The number of fused-ring (bicyclic) bond motifs is 4. The monoisotopic (exact) mass is 480 g/mol. The molecule has 0 N–H and O–H groups in total. The van der Waals surface area contributed by atoms with Gasteiger partial charge < -0.3 is 0 Å². The molecule has 0 aliphatic heterocycles. The van der Waals surface area contributed by atoms with Crippen molar-refractivity contribution in [2.75, 3.05) is 0 Å². The van der Waals surface area contributed by atoms with Gasteiger partial charge in [-0.25, -0.2) is 0 Å². The van der Waals surface area contributed by atoms with Crippen molar-refractivity contribution in [1.29, 1.82) is 0 Å². The highest BCUT2D eigenvalue weighted by Gasteiger charge is 2.08. The Morgan fingerprint density at radius 2 is 1.03 bits per heavy atom. The predicted molar refractivity (Wildman–Crippen MR) is 150 cm³/mol. The lowest BCUT2D eigenvalue weighted by atomic mass is 10.0. The fraction of sp³-hybridized carbons (Fsp3) is 0.133. The highest BCUT2D eigenvalue weighted by Crippen LogP contribution is 2.27. The zero-order valence-corrected chi connectivity index (χ0v) is 20.9. The Morgan fingerprint density at radius 3 is 1.59 bits per heavy atom. The molecule has 2 nitrogen and oxygen atoms in total. The third kappa shape index (κ3) is 4.15. The quantitative estimate of drug-likeness (QED) is 0.222. The van der Waals surface area contributed by atoms with Gasteiger partial charge in [0.2, 0.25) is 0 Å². The largest absolute Gasteiger partial charge is 0.289 e. The first-order valence-corrected chi connectivity index (χ1v) is 12.9. The van der Waals surface area contributed by atoms with Crippen LogP contribution in [0.2, 0.25) is 0 Å². The van der Waals surface area contributed by atoms with E-state index in [0.29, 0.717) is 5.92 Å². The van der Waals surface area contributed by atoms with E-state index in [9.17, 15) is 9.59 Å². The van der Waals surface area contributed by atoms with Crippen molar-refractivity contribution in [3.63, 3.8) is 0 Å². The minimum Gasteiger partial charge on any atom is -0.289 e. The van der Waals surface area contributed by atoms with Gasteiger partial charge in [0.25, 0.3) is 0 Å². The Balaban J connectivity index is 0.000000142. The average Bonchev–Trinajstić information content (AvgIpc) is 2.85. The molecule has 6 aromatic rings. The van der Waals surface area contributed by atoms with Crippen molar-refractivity contribution < 1.29 is 0 Å². The maximum Gasteiger partial charge on any atom is 0.195 e. The molecule has 0 bridgehead atoms. The molecule has 0 fully saturated rings. The van der Waals surface area contributed by atoms with Gasteiger partial charge in [-0.15, -0.1) is 22.7 Å². The van der Waals surface area contributed by atoms with Crippen molar-refractivity contribution >= 4 is 63.0 Å². The van der Waals surface area contributed by atoms with Crippen molar-refractivity contribution in [2.24, 2.45) is 0 Å². The SMILES string of the molecule is CC(C)c1ccc2sc3ccccc3c(=O)c2c1.Cc1ccc2sc3ccccc3c(=O)c2c1. The number of rotatable bonds is 1. The second kappa shape index (κ2) is 9.13. The van der Waals surface area contributed by atoms with Crippen molar-refractivity contribution in [2.45, 2.75) is 26.7 Å². The minimum atomic E-state index is 0.146. The van der Waals surface area contributed by atoms with Crippen LogP contribution in [0.3, 0.4) is 0 Å². The minimum absolute atomic E-state index is 0.146. The molecule has 34 heavy (non-hydrogen) atoms. The number of hydrogen-bond donors (Lipinski definition) is 0. The van der Waals surface area contributed by atoms with Gasteiger partial charge in [0, 0.05) is 40.3 Å². The van der Waals surface area contributed by atoms with Gasteiger partial charge in [-0.1, -0.05) is 55.8 Å². The normalized spacial score (nSPS) is 11.3. The predicted octanol–water partition coefficient (Wildman–Crippen LogP) is 8.26. The maximum atomic E-state index is 12.5. The maximum absolute atomic E-state index is 12.5. The Bertz CT molecular complexity index is 1790. The summed E-state index contributed by atoms with van der Waals surface area (Å²) in [6, 6.07) is 27.9. The van der Waals surface area contributed by atoms with E-state index in [1.54, 1.807) is 22.7 Å². The average molecular weight is 481 g/mol. The lowest BCUT2D eigenvalue weighted by molar-refractivity contribution is 0.869. The smallest absolute Gasteiger partial charge is 0.195 e. The Kier molecular flexibility index (Phi) is 6.03. The van der Waals surface area contributed by atoms with Crippen LogP contribution < -0.4 is 10.9 Å². The molecule has 0 saturated carbocycles. The molecule has 0 amide bonds. The third-order valence-corrected chi connectivity index (χ3v) is 8.30. The first kappa shape index (κ1) is 22.5. The van der Waals surface area contributed by atoms with E-state index in [2.05, 4.69) is 26.0 Å². The standard InChI is InChI=1S/C16H14OS.C14H10OS/c1-10(2)11-7-8-15-13(9-11)16(17)12-5-3-4-6-14(12)18-15;1-9-6-7-13-11(8-9)14(15)10-4-2-3-5-12(10)16-13/h3-10H,1-2H3;2-8H,1H3. The van der Waals surface area contributed by atoms with Crippen LogP contribution in [0.5, 0.6) is 0 Å². The molecule has 6 rings (SSSR count). The van der Waals surface area contributed by atoms with Crippen molar-refractivity contribution in [3.05, 3.63) is 117 Å². The Hall–Kier alpha value is -3.34. The van der Waals surface area contributed by atoms with E-state index in [-0.39, 0.29) is 10.9 Å².